The number of nitrogens with zero attached hydrogens (tertiary/aromatic N) is 3. The van der Waals surface area contributed by atoms with Crippen LogP contribution in [0.1, 0.15) is 46.3 Å². The molecule has 0 bridgehead atoms. The standard InChI is InChI=1S/C32H32BrClN4O4S/c1-17-11-19(3)23(12-18(17)2)15-42-29-24(33)13-22(14-26(29)40-5)28-27(30(39)41-6)20(4)35-31-36-32(37-38(28)31)43-16-21-9-7-8-10-25(21)34/h7-14,28H,15-16H2,1-6H3,(H,35,36,37). The lowest BCUT2D eigenvalue weighted by Crippen LogP contribution is -2.29. The highest BCUT2D eigenvalue weighted by atomic mass is 79.9. The Hall–Kier alpha value is -3.47. The van der Waals surface area contributed by atoms with Crippen LogP contribution in [0.5, 0.6) is 11.5 Å². The SMILES string of the molecule is COC(=O)C1=C(C)Nc2nc(SCc3ccccc3Cl)nn2C1c1cc(Br)c(OCc2cc(C)c(C)cc2C)c(OC)c1. The molecule has 1 aliphatic rings. The molecule has 4 aromatic rings. The van der Waals surface area contributed by atoms with Crippen molar-refractivity contribution in [3.05, 3.63) is 103 Å². The van der Waals surface area contributed by atoms with Gasteiger partial charge in [0.05, 0.1) is 24.3 Å². The first kappa shape index (κ1) is 31.0. The van der Waals surface area contributed by atoms with Crippen molar-refractivity contribution in [3.8, 4) is 11.5 Å². The van der Waals surface area contributed by atoms with E-state index in [1.54, 1.807) is 11.8 Å². The van der Waals surface area contributed by atoms with E-state index >= 15 is 0 Å². The van der Waals surface area contributed by atoms with Crippen LogP contribution in [0.3, 0.4) is 0 Å². The number of rotatable bonds is 9. The maximum atomic E-state index is 13.1. The number of thioether (sulfide) groups is 1. The first-order valence-corrected chi connectivity index (χ1v) is 15.7. The van der Waals surface area contributed by atoms with E-state index in [4.69, 9.17) is 35.9 Å². The lowest BCUT2D eigenvalue weighted by atomic mass is 9.95. The molecule has 2 heterocycles. The van der Waals surface area contributed by atoms with Gasteiger partial charge >= 0.3 is 5.97 Å². The van der Waals surface area contributed by atoms with Crippen molar-refractivity contribution >= 4 is 51.2 Å². The Morgan fingerprint density at radius 3 is 2.51 bits per heavy atom. The largest absolute Gasteiger partial charge is 0.493 e. The van der Waals surface area contributed by atoms with E-state index in [1.165, 1.54) is 30.0 Å². The molecule has 1 unspecified atom stereocenters. The number of aromatic nitrogens is 3. The third kappa shape index (κ3) is 6.41. The second kappa shape index (κ2) is 13.0. The van der Waals surface area contributed by atoms with Crippen LogP contribution in [0.15, 0.2) is 69.4 Å². The minimum atomic E-state index is -0.632. The zero-order chi connectivity index (χ0) is 30.8. The first-order chi connectivity index (χ1) is 20.6. The molecule has 0 fully saturated rings. The van der Waals surface area contributed by atoms with Gasteiger partial charge in [-0.1, -0.05) is 53.7 Å². The number of fused-ring (bicyclic) bond motifs is 1. The molecule has 0 saturated carbocycles. The lowest BCUT2D eigenvalue weighted by Gasteiger charge is -2.28. The molecular formula is C32H32BrClN4O4S. The average Bonchev–Trinajstić information content (AvgIpc) is 3.39. The van der Waals surface area contributed by atoms with Gasteiger partial charge in [0.25, 0.3) is 0 Å². The number of ether oxygens (including phenoxy) is 3. The number of allylic oxidation sites excluding steroid dienone is 1. The summed E-state index contributed by atoms with van der Waals surface area (Å²) in [4.78, 5) is 17.8. The van der Waals surface area contributed by atoms with Crippen LogP contribution in [-0.2, 0) is 21.9 Å². The van der Waals surface area contributed by atoms with Crippen LogP contribution in [0.25, 0.3) is 0 Å². The molecule has 1 aliphatic heterocycles. The van der Waals surface area contributed by atoms with Crippen LogP contribution < -0.4 is 14.8 Å². The summed E-state index contributed by atoms with van der Waals surface area (Å²) >= 11 is 11.5. The molecule has 1 atom stereocenters. The molecule has 0 aliphatic carbocycles. The number of aryl methyl sites for hydroxylation is 3. The topological polar surface area (TPSA) is 87.5 Å². The number of hydrogen-bond acceptors (Lipinski definition) is 8. The normalized spacial score (nSPS) is 14.3. The fourth-order valence-corrected chi connectivity index (χ4v) is 6.69. The second-order valence-electron chi connectivity index (χ2n) is 10.3. The lowest BCUT2D eigenvalue weighted by molar-refractivity contribution is -0.136. The molecule has 43 heavy (non-hydrogen) atoms. The van der Waals surface area contributed by atoms with Gasteiger partial charge in [0.2, 0.25) is 11.1 Å². The number of hydrogen-bond donors (Lipinski definition) is 1. The molecule has 8 nitrogen and oxygen atoms in total. The minimum absolute atomic E-state index is 0.375. The number of methoxy groups -OCH3 is 2. The van der Waals surface area contributed by atoms with Gasteiger partial charge in [-0.2, -0.15) is 4.98 Å². The van der Waals surface area contributed by atoms with Crippen molar-refractivity contribution in [3.63, 3.8) is 0 Å². The summed E-state index contributed by atoms with van der Waals surface area (Å²) < 4.78 is 19.7. The van der Waals surface area contributed by atoms with E-state index in [1.807, 2.05) is 43.3 Å². The number of carbonyl (C=O) groups is 1. The molecule has 0 saturated heterocycles. The van der Waals surface area contributed by atoms with Crippen molar-refractivity contribution in [2.75, 3.05) is 19.5 Å². The molecule has 3 aromatic carbocycles. The van der Waals surface area contributed by atoms with Crippen LogP contribution in [0.4, 0.5) is 5.95 Å². The minimum Gasteiger partial charge on any atom is -0.493 e. The number of nitrogens with one attached hydrogen (secondary N) is 1. The van der Waals surface area contributed by atoms with E-state index in [2.05, 4.69) is 54.2 Å². The summed E-state index contributed by atoms with van der Waals surface area (Å²) in [6.45, 7) is 8.48. The van der Waals surface area contributed by atoms with Crippen LogP contribution in [-0.4, -0.2) is 35.0 Å². The highest BCUT2D eigenvalue weighted by molar-refractivity contribution is 9.10. The molecular weight excluding hydrogens is 652 g/mol. The van der Waals surface area contributed by atoms with E-state index in [0.29, 0.717) is 55.7 Å². The van der Waals surface area contributed by atoms with Crippen molar-refractivity contribution < 1.29 is 19.0 Å². The summed E-state index contributed by atoms with van der Waals surface area (Å²) in [5, 5.41) is 9.25. The van der Waals surface area contributed by atoms with Gasteiger partial charge in [-0.15, -0.1) is 5.10 Å². The van der Waals surface area contributed by atoms with E-state index in [-0.39, 0.29) is 0 Å². The van der Waals surface area contributed by atoms with Crippen molar-refractivity contribution in [1.82, 2.24) is 14.8 Å². The van der Waals surface area contributed by atoms with Gasteiger partial charge in [0.15, 0.2) is 11.5 Å². The predicted octanol–water partition coefficient (Wildman–Crippen LogP) is 7.96. The number of anilines is 1. The van der Waals surface area contributed by atoms with Crippen LogP contribution >= 0.6 is 39.3 Å². The van der Waals surface area contributed by atoms with Gasteiger partial charge in [-0.25, -0.2) is 9.48 Å². The van der Waals surface area contributed by atoms with Gasteiger partial charge in [-0.3, -0.25) is 0 Å². The van der Waals surface area contributed by atoms with Gasteiger partial charge in [-0.05, 0) is 95.2 Å². The molecule has 11 heteroatoms. The number of benzene rings is 3. The first-order valence-electron chi connectivity index (χ1n) is 13.6. The Morgan fingerprint density at radius 1 is 1.05 bits per heavy atom. The summed E-state index contributed by atoms with van der Waals surface area (Å²) in [5.74, 6) is 1.71. The second-order valence-corrected chi connectivity index (χ2v) is 12.5. The maximum absolute atomic E-state index is 13.1. The van der Waals surface area contributed by atoms with Gasteiger partial charge in [0.1, 0.15) is 12.6 Å². The van der Waals surface area contributed by atoms with Gasteiger partial charge < -0.3 is 19.5 Å². The molecule has 0 amide bonds. The predicted molar refractivity (Wildman–Crippen MR) is 173 cm³/mol. The smallest absolute Gasteiger partial charge is 0.338 e. The van der Waals surface area contributed by atoms with Crippen molar-refractivity contribution in [1.29, 1.82) is 0 Å². The fraction of sp³-hybridized carbons (Fsp3) is 0.281. The number of esters is 1. The van der Waals surface area contributed by atoms with Gasteiger partial charge in [0, 0.05) is 16.5 Å². The summed E-state index contributed by atoms with van der Waals surface area (Å²) in [6.07, 6.45) is 0. The Balaban J connectivity index is 1.50. The summed E-state index contributed by atoms with van der Waals surface area (Å²) in [7, 11) is 2.96. The zero-order valence-electron chi connectivity index (χ0n) is 24.7. The monoisotopic (exact) mass is 682 g/mol. The average molecular weight is 684 g/mol. The number of halogens is 2. The third-order valence-electron chi connectivity index (χ3n) is 7.44. The van der Waals surface area contributed by atoms with E-state index < -0.39 is 12.0 Å². The Morgan fingerprint density at radius 2 is 1.79 bits per heavy atom. The molecule has 0 radical (unpaired) electrons. The molecule has 0 spiro atoms. The molecule has 1 N–H and O–H groups in total. The third-order valence-corrected chi connectivity index (χ3v) is 9.29. The quantitative estimate of drug-likeness (QED) is 0.141. The highest BCUT2D eigenvalue weighted by Crippen LogP contribution is 2.43. The van der Waals surface area contributed by atoms with Crippen LogP contribution in [0.2, 0.25) is 5.02 Å². The molecule has 224 valence electrons. The Bertz CT molecular complexity index is 1740. The molecule has 1 aromatic heterocycles. The fourth-order valence-electron chi connectivity index (χ4n) is 5.00. The Labute approximate surface area is 268 Å². The summed E-state index contributed by atoms with van der Waals surface area (Å²) in [6, 6.07) is 15.1. The summed E-state index contributed by atoms with van der Waals surface area (Å²) in [5.41, 5.74) is 7.48. The molecule has 5 rings (SSSR count). The van der Waals surface area contributed by atoms with Crippen LogP contribution in [0, 0.1) is 20.8 Å². The Kier molecular flexibility index (Phi) is 9.39. The van der Waals surface area contributed by atoms with E-state index in [9.17, 15) is 4.79 Å². The zero-order valence-corrected chi connectivity index (χ0v) is 27.9. The maximum Gasteiger partial charge on any atom is 0.338 e. The number of carbonyl (C=O) groups excluding carboxylic acids is 1. The van der Waals surface area contributed by atoms with Crippen molar-refractivity contribution in [2.24, 2.45) is 0 Å². The highest BCUT2D eigenvalue weighted by Gasteiger charge is 2.36. The van der Waals surface area contributed by atoms with Crippen molar-refractivity contribution in [2.45, 2.75) is 51.3 Å². The van der Waals surface area contributed by atoms with E-state index in [0.717, 1.165) is 22.3 Å².